The van der Waals surface area contributed by atoms with Gasteiger partial charge in [0, 0.05) is 45.4 Å². The van der Waals surface area contributed by atoms with E-state index in [0.29, 0.717) is 11.5 Å². The van der Waals surface area contributed by atoms with Crippen molar-refractivity contribution in [1.82, 2.24) is 9.80 Å². The number of nitrogens with zero attached hydrogens (tertiary/aromatic N) is 4. The zero-order valence-electron chi connectivity index (χ0n) is 31.5. The van der Waals surface area contributed by atoms with Crippen LogP contribution in [0, 0.1) is 25.5 Å². The van der Waals surface area contributed by atoms with Crippen LogP contribution in [0.25, 0.3) is 33.4 Å². The van der Waals surface area contributed by atoms with Crippen molar-refractivity contribution >= 4 is 11.4 Å². The molecular weight excluding hydrogens is 880 g/mol. The Morgan fingerprint density at radius 3 is 1.32 bits per heavy atom. The predicted molar refractivity (Wildman–Crippen MR) is 222 cm³/mol. The molecule has 8 bridgehead atoms. The molecule has 0 amide bonds. The second kappa shape index (κ2) is 13.6. The van der Waals surface area contributed by atoms with Crippen LogP contribution in [0.1, 0.15) is 62.5 Å². The Balaban J connectivity index is 0.00000374. The Hall–Kier alpha value is -5.51. The first kappa shape index (κ1) is 34.7. The molecule has 0 saturated carbocycles. The maximum absolute atomic E-state index is 6.95. The molecule has 1 spiro atoms. The molecule has 5 nitrogen and oxygen atoms in total. The third-order valence-electron chi connectivity index (χ3n) is 12.7. The van der Waals surface area contributed by atoms with Crippen LogP contribution >= 0.6 is 0 Å². The molecule has 6 aromatic carbocycles. The number of hydrogen-bond acceptors (Lipinski definition) is 5. The molecule has 3 aliphatic heterocycles. The minimum atomic E-state index is -0.660. The van der Waals surface area contributed by atoms with Gasteiger partial charge in [0.15, 0.2) is 0 Å². The summed E-state index contributed by atoms with van der Waals surface area (Å²) in [7, 11) is 0. The van der Waals surface area contributed by atoms with E-state index in [4.69, 9.17) is 4.74 Å². The summed E-state index contributed by atoms with van der Waals surface area (Å²) in [5, 5.41) is 0. The Bertz CT molecular complexity index is 2440. The molecule has 280 valence electrons. The summed E-state index contributed by atoms with van der Waals surface area (Å²) in [6, 6.07) is 56.0. The van der Waals surface area contributed by atoms with E-state index >= 15 is 0 Å². The Morgan fingerprint density at radius 1 is 0.456 bits per heavy atom. The SMILES string of the molecule is [Pt+4].[c-]1c2cc(-c3ccccc3)cc1N1[CH-]N(C3=C1CCCC3)C1(c3ccccc3-c3ccccc31)N1[CH-]N(C3=C1CCCC3)c1[c-]c(cc(-c3ccccc3)c1)O2. The smallest absolute Gasteiger partial charge is 0.509 e. The summed E-state index contributed by atoms with van der Waals surface area (Å²) in [6.07, 6.45) is 8.64. The molecular formula is C51H40N4OPt. The van der Waals surface area contributed by atoms with Crippen molar-refractivity contribution < 1.29 is 25.8 Å². The molecule has 0 fully saturated rings. The third-order valence-corrected chi connectivity index (χ3v) is 12.7. The molecule has 0 aromatic heterocycles. The van der Waals surface area contributed by atoms with Crippen LogP contribution in [0.15, 0.2) is 156 Å². The third kappa shape index (κ3) is 5.24. The van der Waals surface area contributed by atoms with Crippen molar-refractivity contribution in [2.75, 3.05) is 9.80 Å². The van der Waals surface area contributed by atoms with Gasteiger partial charge in [-0.15, -0.1) is 72.2 Å². The zero-order chi connectivity index (χ0) is 36.8. The standard InChI is InChI=1S/C51H40N4O.Pt/c1-3-15-35(16-4-1)37-27-39-31-41(29-37)56-42-30-38(36-17-5-2-6-18-36)28-40(32-42)53-34-55(50-26-14-12-24-48(50)53)51(54-33-52(39)47-23-11-13-25-49(47)54)45-21-9-7-19-43(45)44-20-8-10-22-46(44)51;/h1-10,15-22,27-30,33-34H,11-14,23-26H2;/q-4;+4. The Morgan fingerprint density at radius 2 is 0.860 bits per heavy atom. The first-order valence-corrected chi connectivity index (χ1v) is 20.2. The van der Waals surface area contributed by atoms with Gasteiger partial charge in [-0.05, 0) is 73.6 Å². The molecule has 3 aliphatic carbocycles. The molecule has 57 heavy (non-hydrogen) atoms. The first-order chi connectivity index (χ1) is 27.7. The molecule has 3 heterocycles. The second-order valence-electron chi connectivity index (χ2n) is 15.7. The molecule has 0 atom stereocenters. The van der Waals surface area contributed by atoms with E-state index in [9.17, 15) is 0 Å². The number of anilines is 2. The van der Waals surface area contributed by atoms with Gasteiger partial charge >= 0.3 is 21.1 Å². The van der Waals surface area contributed by atoms with Crippen LogP contribution in [0.5, 0.6) is 11.5 Å². The summed E-state index contributed by atoms with van der Waals surface area (Å²) < 4.78 is 6.95. The van der Waals surface area contributed by atoms with Crippen molar-refractivity contribution in [3.05, 3.63) is 193 Å². The number of benzene rings is 6. The molecule has 0 radical (unpaired) electrons. The van der Waals surface area contributed by atoms with E-state index in [1.807, 2.05) is 0 Å². The van der Waals surface area contributed by atoms with Crippen molar-refractivity contribution in [3.8, 4) is 44.9 Å². The topological polar surface area (TPSA) is 22.2 Å². The van der Waals surface area contributed by atoms with Crippen LogP contribution in [0.3, 0.4) is 0 Å². The van der Waals surface area contributed by atoms with E-state index in [1.54, 1.807) is 0 Å². The fraction of sp³-hybridized carbons (Fsp3) is 0.176. The minimum absolute atomic E-state index is 0. The quantitative estimate of drug-likeness (QED) is 0.161. The molecule has 0 unspecified atom stereocenters. The number of allylic oxidation sites excluding steroid dienone is 4. The maximum Gasteiger partial charge on any atom is 4.00 e. The van der Waals surface area contributed by atoms with Crippen LogP contribution in [0.4, 0.5) is 11.4 Å². The molecule has 6 aliphatic rings. The van der Waals surface area contributed by atoms with Gasteiger partial charge in [-0.1, -0.05) is 109 Å². The Kier molecular flexibility index (Phi) is 8.26. The van der Waals surface area contributed by atoms with Gasteiger partial charge < -0.3 is 24.3 Å². The van der Waals surface area contributed by atoms with E-state index in [2.05, 4.69) is 179 Å². The van der Waals surface area contributed by atoms with Gasteiger partial charge in [-0.2, -0.15) is 0 Å². The largest absolute Gasteiger partial charge is 4.00 e. The van der Waals surface area contributed by atoms with Gasteiger partial charge in [0.25, 0.3) is 0 Å². The van der Waals surface area contributed by atoms with Gasteiger partial charge in [-0.3, -0.25) is 0 Å². The average molecular weight is 920 g/mol. The van der Waals surface area contributed by atoms with Crippen molar-refractivity contribution in [1.29, 1.82) is 0 Å². The van der Waals surface area contributed by atoms with E-state index < -0.39 is 5.66 Å². The fourth-order valence-corrected chi connectivity index (χ4v) is 10.2. The van der Waals surface area contributed by atoms with E-state index in [0.717, 1.165) is 85.0 Å². The van der Waals surface area contributed by atoms with Crippen molar-refractivity contribution in [3.63, 3.8) is 0 Å². The summed E-state index contributed by atoms with van der Waals surface area (Å²) >= 11 is 0. The summed E-state index contributed by atoms with van der Waals surface area (Å²) in [5.74, 6) is 1.35. The molecule has 6 aromatic rings. The Labute approximate surface area is 349 Å². The maximum atomic E-state index is 6.95. The van der Waals surface area contributed by atoms with Gasteiger partial charge in [-0.25, -0.2) is 0 Å². The summed E-state index contributed by atoms with van der Waals surface area (Å²) in [6.45, 7) is 4.81. The zero-order valence-corrected chi connectivity index (χ0v) is 33.8. The fourth-order valence-electron chi connectivity index (χ4n) is 10.2. The molecule has 0 saturated heterocycles. The summed E-state index contributed by atoms with van der Waals surface area (Å²) in [5.41, 5.74) is 16.5. The minimum Gasteiger partial charge on any atom is -0.509 e. The monoisotopic (exact) mass is 919 g/mol. The molecule has 0 N–H and O–H groups in total. The van der Waals surface area contributed by atoms with Crippen LogP contribution in [-0.4, -0.2) is 9.80 Å². The van der Waals surface area contributed by atoms with E-state index in [-0.39, 0.29) is 21.1 Å². The number of ether oxygens (including phenoxy) is 1. The number of fused-ring (bicyclic) bond motifs is 21. The van der Waals surface area contributed by atoms with Gasteiger partial charge in [0.05, 0.1) is 0 Å². The average Bonchev–Trinajstić information content (AvgIpc) is 3.93. The number of hydrogen-bond donors (Lipinski definition) is 0. The normalized spacial score (nSPS) is 18.4. The molecule has 12 rings (SSSR count). The predicted octanol–water partition coefficient (Wildman–Crippen LogP) is 12.4. The van der Waals surface area contributed by atoms with E-state index in [1.165, 1.54) is 45.0 Å². The summed E-state index contributed by atoms with van der Waals surface area (Å²) in [4.78, 5) is 10.2. The molecule has 6 heteroatoms. The van der Waals surface area contributed by atoms with Crippen LogP contribution < -0.4 is 14.5 Å². The van der Waals surface area contributed by atoms with Crippen LogP contribution in [-0.2, 0) is 26.7 Å². The second-order valence-corrected chi connectivity index (χ2v) is 15.7. The van der Waals surface area contributed by atoms with Gasteiger partial charge in [0.2, 0.25) is 0 Å². The van der Waals surface area contributed by atoms with Crippen molar-refractivity contribution in [2.24, 2.45) is 0 Å². The van der Waals surface area contributed by atoms with Gasteiger partial charge in [0.1, 0.15) is 5.66 Å². The first-order valence-electron chi connectivity index (χ1n) is 20.2. The number of rotatable bonds is 2. The van der Waals surface area contributed by atoms with Crippen LogP contribution in [0.2, 0.25) is 0 Å². The van der Waals surface area contributed by atoms with Crippen molar-refractivity contribution in [2.45, 2.75) is 57.0 Å².